The van der Waals surface area contributed by atoms with Crippen LogP contribution in [0.25, 0.3) is 0 Å². The van der Waals surface area contributed by atoms with Gasteiger partial charge in [-0.2, -0.15) is 0 Å². The second-order valence-electron chi connectivity index (χ2n) is 4.57. The third-order valence-electron chi connectivity index (χ3n) is 2.89. The summed E-state index contributed by atoms with van der Waals surface area (Å²) in [6.45, 7) is 5.63. The molecule has 0 bridgehead atoms. The molecule has 0 fully saturated rings. The predicted octanol–water partition coefficient (Wildman–Crippen LogP) is 1.98. The van der Waals surface area contributed by atoms with Crippen LogP contribution in [-0.4, -0.2) is 31.4 Å². The minimum Gasteiger partial charge on any atom is -0.387 e. The fourth-order valence-electron chi connectivity index (χ4n) is 1.90. The summed E-state index contributed by atoms with van der Waals surface area (Å²) < 4.78 is 5.01. The molecule has 0 aliphatic carbocycles. The van der Waals surface area contributed by atoms with E-state index >= 15 is 0 Å². The van der Waals surface area contributed by atoms with Crippen molar-refractivity contribution < 1.29 is 9.84 Å². The third kappa shape index (κ3) is 4.46. The summed E-state index contributed by atoms with van der Waals surface area (Å²) in [6, 6.07) is 9.82. The van der Waals surface area contributed by atoms with Crippen molar-refractivity contribution in [2.24, 2.45) is 5.92 Å². The molecule has 0 saturated heterocycles. The number of benzene rings is 1. The lowest BCUT2D eigenvalue weighted by Crippen LogP contribution is -2.40. The van der Waals surface area contributed by atoms with E-state index in [2.05, 4.69) is 19.2 Å². The normalized spacial score (nSPS) is 14.9. The zero-order valence-corrected chi connectivity index (χ0v) is 10.9. The topological polar surface area (TPSA) is 41.5 Å². The summed E-state index contributed by atoms with van der Waals surface area (Å²) in [4.78, 5) is 0. The summed E-state index contributed by atoms with van der Waals surface area (Å²) in [7, 11) is 1.68. The predicted molar refractivity (Wildman–Crippen MR) is 69.9 cm³/mol. The van der Waals surface area contributed by atoms with Crippen molar-refractivity contribution in [3.05, 3.63) is 35.9 Å². The number of hydrogen-bond donors (Lipinski definition) is 2. The standard InChI is InChI=1S/C14H23NO2/c1-11(2)13(15-9-10-17-3)14(16)12-7-5-4-6-8-12/h4-8,11,13-16H,9-10H2,1-3H3. The van der Waals surface area contributed by atoms with E-state index in [0.29, 0.717) is 12.5 Å². The number of aliphatic hydroxyl groups excluding tert-OH is 1. The van der Waals surface area contributed by atoms with Gasteiger partial charge in [0.15, 0.2) is 0 Å². The number of rotatable bonds is 7. The molecule has 96 valence electrons. The van der Waals surface area contributed by atoms with Crippen LogP contribution in [0.3, 0.4) is 0 Å². The van der Waals surface area contributed by atoms with Crippen molar-refractivity contribution in [1.82, 2.24) is 5.32 Å². The number of aliphatic hydroxyl groups is 1. The van der Waals surface area contributed by atoms with Gasteiger partial charge in [-0.05, 0) is 11.5 Å². The van der Waals surface area contributed by atoms with Gasteiger partial charge in [0.25, 0.3) is 0 Å². The van der Waals surface area contributed by atoms with Crippen molar-refractivity contribution in [3.8, 4) is 0 Å². The van der Waals surface area contributed by atoms with Crippen LogP contribution in [0.5, 0.6) is 0 Å². The Hall–Kier alpha value is -0.900. The van der Waals surface area contributed by atoms with Crippen LogP contribution in [0.2, 0.25) is 0 Å². The monoisotopic (exact) mass is 237 g/mol. The largest absolute Gasteiger partial charge is 0.387 e. The lowest BCUT2D eigenvalue weighted by molar-refractivity contribution is 0.0978. The first-order valence-corrected chi connectivity index (χ1v) is 6.12. The number of methoxy groups -OCH3 is 1. The summed E-state index contributed by atoms with van der Waals surface area (Å²) in [5.41, 5.74) is 0.955. The lowest BCUT2D eigenvalue weighted by atomic mass is 9.93. The molecule has 3 heteroatoms. The van der Waals surface area contributed by atoms with Crippen molar-refractivity contribution in [3.63, 3.8) is 0 Å². The van der Waals surface area contributed by atoms with Gasteiger partial charge in [0, 0.05) is 19.7 Å². The van der Waals surface area contributed by atoms with Crippen LogP contribution < -0.4 is 5.32 Å². The molecule has 2 N–H and O–H groups in total. The summed E-state index contributed by atoms with van der Waals surface area (Å²) >= 11 is 0. The zero-order valence-electron chi connectivity index (χ0n) is 10.9. The van der Waals surface area contributed by atoms with Crippen LogP contribution in [0.4, 0.5) is 0 Å². The Labute approximate surface area is 104 Å². The van der Waals surface area contributed by atoms with E-state index in [0.717, 1.165) is 12.1 Å². The van der Waals surface area contributed by atoms with Gasteiger partial charge in [0.2, 0.25) is 0 Å². The Morgan fingerprint density at radius 2 is 1.88 bits per heavy atom. The highest BCUT2D eigenvalue weighted by Crippen LogP contribution is 2.21. The number of nitrogens with one attached hydrogen (secondary N) is 1. The van der Waals surface area contributed by atoms with Gasteiger partial charge in [-0.25, -0.2) is 0 Å². The van der Waals surface area contributed by atoms with Crippen molar-refractivity contribution in [1.29, 1.82) is 0 Å². The van der Waals surface area contributed by atoms with E-state index in [1.54, 1.807) is 7.11 Å². The van der Waals surface area contributed by atoms with Crippen LogP contribution in [-0.2, 0) is 4.74 Å². The molecule has 0 aliphatic heterocycles. The highest BCUT2D eigenvalue weighted by Gasteiger charge is 2.23. The highest BCUT2D eigenvalue weighted by atomic mass is 16.5. The van der Waals surface area contributed by atoms with E-state index < -0.39 is 6.10 Å². The third-order valence-corrected chi connectivity index (χ3v) is 2.89. The Morgan fingerprint density at radius 1 is 1.24 bits per heavy atom. The number of hydrogen-bond acceptors (Lipinski definition) is 3. The second kappa shape index (κ2) is 7.43. The van der Waals surface area contributed by atoms with Crippen molar-refractivity contribution in [2.75, 3.05) is 20.3 Å². The molecule has 1 aromatic carbocycles. The Morgan fingerprint density at radius 3 is 2.41 bits per heavy atom. The van der Waals surface area contributed by atoms with Gasteiger partial charge < -0.3 is 15.2 Å². The fraction of sp³-hybridized carbons (Fsp3) is 0.571. The molecule has 0 amide bonds. The van der Waals surface area contributed by atoms with E-state index in [1.165, 1.54) is 0 Å². The summed E-state index contributed by atoms with van der Waals surface area (Å²) in [5, 5.41) is 13.7. The molecule has 0 saturated carbocycles. The fourth-order valence-corrected chi connectivity index (χ4v) is 1.90. The smallest absolute Gasteiger partial charge is 0.0945 e. The Balaban J connectivity index is 2.63. The van der Waals surface area contributed by atoms with Gasteiger partial charge in [-0.3, -0.25) is 0 Å². The van der Waals surface area contributed by atoms with E-state index in [4.69, 9.17) is 4.74 Å². The zero-order chi connectivity index (χ0) is 12.7. The average molecular weight is 237 g/mol. The van der Waals surface area contributed by atoms with E-state index in [1.807, 2.05) is 30.3 Å². The van der Waals surface area contributed by atoms with Crippen LogP contribution in [0.15, 0.2) is 30.3 Å². The number of ether oxygens (including phenoxy) is 1. The summed E-state index contributed by atoms with van der Waals surface area (Å²) in [5.74, 6) is 0.363. The molecule has 0 radical (unpaired) electrons. The maximum atomic E-state index is 10.3. The van der Waals surface area contributed by atoms with Crippen LogP contribution >= 0.6 is 0 Å². The first-order chi connectivity index (χ1) is 8.16. The molecular formula is C14H23NO2. The Kier molecular flexibility index (Phi) is 6.19. The molecule has 1 rings (SSSR count). The minimum absolute atomic E-state index is 0.0487. The maximum Gasteiger partial charge on any atom is 0.0945 e. The second-order valence-corrected chi connectivity index (χ2v) is 4.57. The van der Waals surface area contributed by atoms with Crippen molar-refractivity contribution >= 4 is 0 Å². The Bertz CT molecular complexity index is 300. The molecule has 0 aliphatic rings. The average Bonchev–Trinajstić information content (AvgIpc) is 2.34. The lowest BCUT2D eigenvalue weighted by Gasteiger charge is -2.27. The molecule has 17 heavy (non-hydrogen) atoms. The molecule has 0 spiro atoms. The quantitative estimate of drug-likeness (QED) is 0.713. The first-order valence-electron chi connectivity index (χ1n) is 6.12. The van der Waals surface area contributed by atoms with Gasteiger partial charge in [0.1, 0.15) is 0 Å². The van der Waals surface area contributed by atoms with Gasteiger partial charge >= 0.3 is 0 Å². The van der Waals surface area contributed by atoms with Gasteiger partial charge in [-0.1, -0.05) is 44.2 Å². The molecular weight excluding hydrogens is 214 g/mol. The van der Waals surface area contributed by atoms with Gasteiger partial charge in [0.05, 0.1) is 12.7 Å². The first kappa shape index (κ1) is 14.2. The highest BCUT2D eigenvalue weighted by molar-refractivity contribution is 5.19. The van der Waals surface area contributed by atoms with Crippen LogP contribution in [0, 0.1) is 5.92 Å². The maximum absolute atomic E-state index is 10.3. The summed E-state index contributed by atoms with van der Waals surface area (Å²) in [6.07, 6.45) is -0.479. The SMILES string of the molecule is COCCNC(C(C)C)C(O)c1ccccc1. The van der Waals surface area contributed by atoms with Gasteiger partial charge in [-0.15, -0.1) is 0 Å². The minimum atomic E-state index is -0.479. The van der Waals surface area contributed by atoms with E-state index in [-0.39, 0.29) is 6.04 Å². The van der Waals surface area contributed by atoms with E-state index in [9.17, 15) is 5.11 Å². The molecule has 2 unspecified atom stereocenters. The molecule has 0 aromatic heterocycles. The molecule has 0 heterocycles. The molecule has 1 aromatic rings. The molecule has 2 atom stereocenters. The molecule has 3 nitrogen and oxygen atoms in total. The van der Waals surface area contributed by atoms with Crippen molar-refractivity contribution in [2.45, 2.75) is 26.0 Å². The van der Waals surface area contributed by atoms with Crippen LogP contribution in [0.1, 0.15) is 25.5 Å².